The lowest BCUT2D eigenvalue weighted by molar-refractivity contribution is 0.0861. The van der Waals surface area contributed by atoms with Crippen LogP contribution >= 0.6 is 0 Å². The van der Waals surface area contributed by atoms with Gasteiger partial charge in [-0.3, -0.25) is 4.90 Å². The second-order valence-electron chi connectivity index (χ2n) is 5.57. The lowest BCUT2D eigenvalue weighted by Gasteiger charge is -2.43. The third kappa shape index (κ3) is 3.54. The highest BCUT2D eigenvalue weighted by Crippen LogP contribution is 2.23. The van der Waals surface area contributed by atoms with E-state index >= 15 is 0 Å². The van der Waals surface area contributed by atoms with Gasteiger partial charge in [0.2, 0.25) is 5.89 Å². The minimum absolute atomic E-state index is 0.603. The van der Waals surface area contributed by atoms with Crippen LogP contribution in [0.5, 0.6) is 0 Å². The number of piperidine rings is 1. The van der Waals surface area contributed by atoms with Crippen LogP contribution in [0.3, 0.4) is 0 Å². The largest absolute Gasteiger partial charge is 0.340 e. The van der Waals surface area contributed by atoms with Crippen molar-refractivity contribution < 1.29 is 4.52 Å². The molecule has 1 aromatic heterocycles. The summed E-state index contributed by atoms with van der Waals surface area (Å²) in [6.07, 6.45) is 2.10. The minimum atomic E-state index is 0.603. The Kier molecular flexibility index (Phi) is 4.93. The molecular formula is C14H26N4O. The fraction of sp³-hybridized carbons (Fsp3) is 0.857. The average molecular weight is 266 g/mol. The SMILES string of the molecule is CCNC1CCN(CCc2noc(C)n2)C(C)C1C. The first-order valence-electron chi connectivity index (χ1n) is 7.38. The van der Waals surface area contributed by atoms with E-state index in [9.17, 15) is 0 Å². The van der Waals surface area contributed by atoms with Gasteiger partial charge in [0.25, 0.3) is 0 Å². The number of aryl methyl sites for hydroxylation is 1. The van der Waals surface area contributed by atoms with Gasteiger partial charge in [-0.05, 0) is 32.4 Å². The van der Waals surface area contributed by atoms with Crippen LogP contribution in [0.1, 0.15) is 38.9 Å². The van der Waals surface area contributed by atoms with Gasteiger partial charge in [0.15, 0.2) is 5.82 Å². The topological polar surface area (TPSA) is 54.2 Å². The average Bonchev–Trinajstić information content (AvgIpc) is 2.80. The van der Waals surface area contributed by atoms with Crippen LogP contribution in [0.15, 0.2) is 4.52 Å². The van der Waals surface area contributed by atoms with E-state index in [-0.39, 0.29) is 0 Å². The quantitative estimate of drug-likeness (QED) is 0.878. The standard InChI is InChI=1S/C14H26N4O/c1-5-15-13-6-8-18(11(3)10(13)2)9-7-14-16-12(4)19-17-14/h10-11,13,15H,5-9H2,1-4H3. The fourth-order valence-electron chi connectivity index (χ4n) is 2.99. The summed E-state index contributed by atoms with van der Waals surface area (Å²) in [5.41, 5.74) is 0. The third-order valence-corrected chi connectivity index (χ3v) is 4.36. The molecule has 1 aliphatic rings. The van der Waals surface area contributed by atoms with Crippen molar-refractivity contribution in [2.45, 2.75) is 52.6 Å². The zero-order valence-corrected chi connectivity index (χ0v) is 12.5. The molecule has 108 valence electrons. The first-order chi connectivity index (χ1) is 9.11. The Labute approximate surface area is 115 Å². The van der Waals surface area contributed by atoms with Gasteiger partial charge in [-0.1, -0.05) is 19.0 Å². The van der Waals surface area contributed by atoms with E-state index in [1.807, 2.05) is 6.92 Å². The molecule has 5 nitrogen and oxygen atoms in total. The van der Waals surface area contributed by atoms with E-state index in [0.717, 1.165) is 31.9 Å². The first-order valence-corrected chi connectivity index (χ1v) is 7.38. The molecule has 1 aromatic rings. The second kappa shape index (κ2) is 6.48. The highest BCUT2D eigenvalue weighted by Gasteiger charge is 2.31. The summed E-state index contributed by atoms with van der Waals surface area (Å²) < 4.78 is 5.01. The predicted octanol–water partition coefficient (Wildman–Crippen LogP) is 1.63. The van der Waals surface area contributed by atoms with Gasteiger partial charge in [0.1, 0.15) is 0 Å². The van der Waals surface area contributed by atoms with E-state index in [2.05, 4.69) is 41.1 Å². The van der Waals surface area contributed by atoms with Crippen molar-refractivity contribution in [2.24, 2.45) is 5.92 Å². The van der Waals surface area contributed by atoms with Crippen LogP contribution < -0.4 is 5.32 Å². The van der Waals surface area contributed by atoms with Crippen LogP contribution in [0.2, 0.25) is 0 Å². The van der Waals surface area contributed by atoms with Crippen LogP contribution in [0, 0.1) is 12.8 Å². The van der Waals surface area contributed by atoms with Gasteiger partial charge in [-0.15, -0.1) is 0 Å². The molecule has 0 amide bonds. The summed E-state index contributed by atoms with van der Waals surface area (Å²) in [7, 11) is 0. The van der Waals surface area contributed by atoms with Crippen LogP contribution in [-0.4, -0.2) is 46.8 Å². The lowest BCUT2D eigenvalue weighted by atomic mass is 9.87. The molecule has 0 spiro atoms. The third-order valence-electron chi connectivity index (χ3n) is 4.36. The normalized spacial score (nSPS) is 28.7. The number of rotatable bonds is 5. The molecule has 1 fully saturated rings. The Bertz CT molecular complexity index is 393. The molecule has 3 atom stereocenters. The molecule has 2 rings (SSSR count). The van der Waals surface area contributed by atoms with Crippen molar-refractivity contribution in [1.82, 2.24) is 20.4 Å². The van der Waals surface area contributed by atoms with Crippen molar-refractivity contribution >= 4 is 0 Å². The molecule has 2 heterocycles. The maximum absolute atomic E-state index is 5.01. The van der Waals surface area contributed by atoms with Crippen LogP contribution in [0.4, 0.5) is 0 Å². The summed E-state index contributed by atoms with van der Waals surface area (Å²) in [6.45, 7) is 11.9. The van der Waals surface area contributed by atoms with E-state index in [1.54, 1.807) is 0 Å². The number of aromatic nitrogens is 2. The Morgan fingerprint density at radius 3 is 2.84 bits per heavy atom. The summed E-state index contributed by atoms with van der Waals surface area (Å²) in [5.74, 6) is 2.16. The highest BCUT2D eigenvalue weighted by atomic mass is 16.5. The molecule has 0 bridgehead atoms. The molecule has 0 aliphatic carbocycles. The summed E-state index contributed by atoms with van der Waals surface area (Å²) >= 11 is 0. The summed E-state index contributed by atoms with van der Waals surface area (Å²) in [5, 5.41) is 7.56. The van der Waals surface area contributed by atoms with Gasteiger partial charge >= 0.3 is 0 Å². The van der Waals surface area contributed by atoms with Crippen LogP contribution in [-0.2, 0) is 6.42 Å². The molecule has 0 aromatic carbocycles. The minimum Gasteiger partial charge on any atom is -0.340 e. The predicted molar refractivity (Wildman–Crippen MR) is 75.0 cm³/mol. The summed E-state index contributed by atoms with van der Waals surface area (Å²) in [6, 6.07) is 1.26. The lowest BCUT2D eigenvalue weighted by Crippen LogP contribution is -2.53. The maximum atomic E-state index is 5.01. The summed E-state index contributed by atoms with van der Waals surface area (Å²) in [4.78, 5) is 6.81. The molecule has 1 saturated heterocycles. The van der Waals surface area contributed by atoms with Crippen molar-refractivity contribution in [1.29, 1.82) is 0 Å². The van der Waals surface area contributed by atoms with Crippen LogP contribution in [0.25, 0.3) is 0 Å². The van der Waals surface area contributed by atoms with Crippen molar-refractivity contribution in [3.63, 3.8) is 0 Å². The molecular weight excluding hydrogens is 240 g/mol. The molecule has 1 N–H and O–H groups in total. The van der Waals surface area contributed by atoms with E-state index in [0.29, 0.717) is 23.9 Å². The van der Waals surface area contributed by atoms with Gasteiger partial charge in [-0.25, -0.2) is 0 Å². The zero-order chi connectivity index (χ0) is 13.8. The Morgan fingerprint density at radius 2 is 2.21 bits per heavy atom. The number of nitrogens with one attached hydrogen (secondary N) is 1. The number of nitrogens with zero attached hydrogens (tertiary/aromatic N) is 3. The fourth-order valence-corrected chi connectivity index (χ4v) is 2.99. The molecule has 1 aliphatic heterocycles. The van der Waals surface area contributed by atoms with E-state index < -0.39 is 0 Å². The monoisotopic (exact) mass is 266 g/mol. The van der Waals surface area contributed by atoms with E-state index in [1.165, 1.54) is 6.42 Å². The highest BCUT2D eigenvalue weighted by molar-refractivity contribution is 4.91. The zero-order valence-electron chi connectivity index (χ0n) is 12.5. The molecule has 3 unspecified atom stereocenters. The Hall–Kier alpha value is -0.940. The van der Waals surface area contributed by atoms with Crippen molar-refractivity contribution in [3.05, 3.63) is 11.7 Å². The number of likely N-dealkylation sites (tertiary alicyclic amines) is 1. The molecule has 0 saturated carbocycles. The Balaban J connectivity index is 1.85. The Morgan fingerprint density at radius 1 is 1.42 bits per heavy atom. The van der Waals surface area contributed by atoms with E-state index in [4.69, 9.17) is 4.52 Å². The van der Waals surface area contributed by atoms with Gasteiger partial charge in [0, 0.05) is 32.0 Å². The first kappa shape index (κ1) is 14.5. The molecule has 19 heavy (non-hydrogen) atoms. The van der Waals surface area contributed by atoms with Crippen molar-refractivity contribution in [2.75, 3.05) is 19.6 Å². The number of hydrogen-bond acceptors (Lipinski definition) is 5. The molecule has 5 heteroatoms. The molecule has 0 radical (unpaired) electrons. The van der Waals surface area contributed by atoms with Crippen molar-refractivity contribution in [3.8, 4) is 0 Å². The number of hydrogen-bond donors (Lipinski definition) is 1. The van der Waals surface area contributed by atoms with Gasteiger partial charge in [-0.2, -0.15) is 4.98 Å². The smallest absolute Gasteiger partial charge is 0.223 e. The maximum Gasteiger partial charge on any atom is 0.223 e. The van der Waals surface area contributed by atoms with Gasteiger partial charge in [0.05, 0.1) is 0 Å². The van der Waals surface area contributed by atoms with Gasteiger partial charge < -0.3 is 9.84 Å². The second-order valence-corrected chi connectivity index (χ2v) is 5.57.